The molecule has 0 aliphatic rings. The van der Waals surface area contributed by atoms with E-state index in [1.54, 1.807) is 42.5 Å². The minimum absolute atomic E-state index is 0.161. The highest BCUT2D eigenvalue weighted by Gasteiger charge is 2.11. The van der Waals surface area contributed by atoms with Crippen LogP contribution in [0.4, 0.5) is 0 Å². The van der Waals surface area contributed by atoms with Gasteiger partial charge in [-0.05, 0) is 81.2 Å². The fraction of sp³-hybridized carbons (Fsp3) is 0.0357. The van der Waals surface area contributed by atoms with Crippen LogP contribution in [0.5, 0.6) is 11.5 Å². The van der Waals surface area contributed by atoms with Crippen molar-refractivity contribution in [2.24, 2.45) is 5.10 Å². The van der Waals surface area contributed by atoms with Crippen molar-refractivity contribution < 1.29 is 19.1 Å². The molecule has 0 aliphatic carbocycles. The third-order valence-electron chi connectivity index (χ3n) is 4.92. The summed E-state index contributed by atoms with van der Waals surface area (Å²) in [6.07, 6.45) is 1.49. The monoisotopic (exact) mass is 528 g/mol. The van der Waals surface area contributed by atoms with Crippen molar-refractivity contribution >= 4 is 34.0 Å². The van der Waals surface area contributed by atoms with E-state index in [0.717, 1.165) is 16.7 Å². The molecule has 0 aliphatic heterocycles. The zero-order valence-corrected chi connectivity index (χ0v) is 20.1. The van der Waals surface area contributed by atoms with Crippen molar-refractivity contribution in [3.63, 3.8) is 0 Å². The van der Waals surface area contributed by atoms with E-state index in [0.29, 0.717) is 21.5 Å². The summed E-state index contributed by atoms with van der Waals surface area (Å²) in [5.74, 6) is 0.156. The quantitative estimate of drug-likeness (QED) is 0.134. The smallest absolute Gasteiger partial charge is 0.344 e. The SMILES string of the molecule is O=C(COc1ccc(-c2ccccc2)cc1)NN=Cc1ccc(OC(=O)c2ccccc2Br)cc1. The molecule has 0 spiro atoms. The molecule has 7 heteroatoms. The van der Waals surface area contributed by atoms with Crippen molar-refractivity contribution in [3.05, 3.63) is 119 Å². The number of hydrogen-bond donors (Lipinski definition) is 1. The van der Waals surface area contributed by atoms with Gasteiger partial charge in [0.2, 0.25) is 0 Å². The number of hydrazone groups is 1. The van der Waals surface area contributed by atoms with Gasteiger partial charge in [0.1, 0.15) is 11.5 Å². The molecule has 174 valence electrons. The molecule has 1 N–H and O–H groups in total. The molecule has 0 bridgehead atoms. The maximum atomic E-state index is 12.3. The van der Waals surface area contributed by atoms with E-state index in [-0.39, 0.29) is 12.5 Å². The summed E-state index contributed by atoms with van der Waals surface area (Å²) in [4.78, 5) is 24.3. The third kappa shape index (κ3) is 6.88. The van der Waals surface area contributed by atoms with Crippen LogP contribution >= 0.6 is 15.9 Å². The summed E-state index contributed by atoms with van der Waals surface area (Å²) < 4.78 is 11.6. The van der Waals surface area contributed by atoms with E-state index in [9.17, 15) is 9.59 Å². The average molecular weight is 529 g/mol. The lowest BCUT2D eigenvalue weighted by Gasteiger charge is -2.07. The molecule has 0 unspecified atom stereocenters. The molecule has 0 radical (unpaired) electrons. The van der Waals surface area contributed by atoms with Gasteiger partial charge in [-0.25, -0.2) is 10.2 Å². The van der Waals surface area contributed by atoms with Gasteiger partial charge < -0.3 is 9.47 Å². The number of esters is 1. The summed E-state index contributed by atoms with van der Waals surface area (Å²) in [7, 11) is 0. The molecular weight excluding hydrogens is 508 g/mol. The van der Waals surface area contributed by atoms with Crippen LogP contribution < -0.4 is 14.9 Å². The van der Waals surface area contributed by atoms with Gasteiger partial charge >= 0.3 is 5.97 Å². The number of benzene rings is 4. The third-order valence-corrected chi connectivity index (χ3v) is 5.61. The number of amides is 1. The molecule has 0 saturated heterocycles. The highest BCUT2D eigenvalue weighted by atomic mass is 79.9. The Bertz CT molecular complexity index is 1320. The van der Waals surface area contributed by atoms with Crippen LogP contribution in [0, 0.1) is 0 Å². The summed E-state index contributed by atoms with van der Waals surface area (Å²) in [5, 5.41) is 3.94. The van der Waals surface area contributed by atoms with Crippen molar-refractivity contribution in [1.29, 1.82) is 0 Å². The molecule has 4 aromatic rings. The Morgan fingerprint density at radius 3 is 2.11 bits per heavy atom. The maximum Gasteiger partial charge on any atom is 0.344 e. The summed E-state index contributed by atoms with van der Waals surface area (Å²) in [6, 6.07) is 31.3. The first kappa shape index (κ1) is 23.9. The lowest BCUT2D eigenvalue weighted by atomic mass is 10.1. The molecule has 0 fully saturated rings. The van der Waals surface area contributed by atoms with Gasteiger partial charge in [0, 0.05) is 4.47 Å². The second-order valence-corrected chi connectivity index (χ2v) is 8.26. The minimum atomic E-state index is -0.458. The van der Waals surface area contributed by atoms with Gasteiger partial charge in [0.05, 0.1) is 11.8 Å². The highest BCUT2D eigenvalue weighted by Crippen LogP contribution is 2.22. The molecule has 4 rings (SSSR count). The molecule has 35 heavy (non-hydrogen) atoms. The van der Waals surface area contributed by atoms with Gasteiger partial charge in [-0.1, -0.05) is 54.6 Å². The largest absolute Gasteiger partial charge is 0.484 e. The standard InChI is InChI=1S/C28H21BrN2O4/c29-26-9-5-4-8-25(26)28(33)35-24-14-10-20(11-15-24)18-30-31-27(32)19-34-23-16-12-22(13-17-23)21-6-2-1-3-7-21/h1-18H,19H2,(H,31,32). The Morgan fingerprint density at radius 2 is 1.40 bits per heavy atom. The van der Waals surface area contributed by atoms with Crippen molar-refractivity contribution in [3.8, 4) is 22.6 Å². The predicted molar refractivity (Wildman–Crippen MR) is 139 cm³/mol. The summed E-state index contributed by atoms with van der Waals surface area (Å²) in [6.45, 7) is -0.161. The van der Waals surface area contributed by atoms with Gasteiger partial charge in [0.15, 0.2) is 6.61 Å². The fourth-order valence-corrected chi connectivity index (χ4v) is 3.59. The van der Waals surface area contributed by atoms with Crippen LogP contribution in [0.3, 0.4) is 0 Å². The van der Waals surface area contributed by atoms with E-state index >= 15 is 0 Å². The number of ether oxygens (including phenoxy) is 2. The van der Waals surface area contributed by atoms with Crippen LogP contribution in [-0.2, 0) is 4.79 Å². The number of nitrogens with one attached hydrogen (secondary N) is 1. The molecule has 0 aromatic heterocycles. The van der Waals surface area contributed by atoms with Crippen LogP contribution in [0.25, 0.3) is 11.1 Å². The second-order valence-electron chi connectivity index (χ2n) is 7.41. The first-order valence-electron chi connectivity index (χ1n) is 10.8. The van der Waals surface area contributed by atoms with Crippen LogP contribution in [-0.4, -0.2) is 24.7 Å². The van der Waals surface area contributed by atoms with Crippen molar-refractivity contribution in [2.45, 2.75) is 0 Å². The zero-order valence-electron chi connectivity index (χ0n) is 18.6. The number of carbonyl (C=O) groups excluding carboxylic acids is 2. The number of halogens is 1. The fourth-order valence-electron chi connectivity index (χ4n) is 3.14. The average Bonchev–Trinajstić information content (AvgIpc) is 2.89. The topological polar surface area (TPSA) is 77.0 Å². The van der Waals surface area contributed by atoms with Gasteiger partial charge in [0.25, 0.3) is 5.91 Å². The molecule has 1 amide bonds. The van der Waals surface area contributed by atoms with Crippen LogP contribution in [0.15, 0.2) is 113 Å². The Morgan fingerprint density at radius 1 is 0.771 bits per heavy atom. The Hall–Kier alpha value is -4.23. The van der Waals surface area contributed by atoms with Crippen LogP contribution in [0.2, 0.25) is 0 Å². The first-order chi connectivity index (χ1) is 17.1. The van der Waals surface area contributed by atoms with E-state index in [4.69, 9.17) is 9.47 Å². The first-order valence-corrected chi connectivity index (χ1v) is 11.5. The van der Waals surface area contributed by atoms with E-state index in [1.165, 1.54) is 6.21 Å². The molecule has 0 heterocycles. The molecule has 0 saturated carbocycles. The lowest BCUT2D eigenvalue weighted by Crippen LogP contribution is -2.24. The lowest BCUT2D eigenvalue weighted by molar-refractivity contribution is -0.123. The molecule has 6 nitrogen and oxygen atoms in total. The maximum absolute atomic E-state index is 12.3. The van der Waals surface area contributed by atoms with Gasteiger partial charge in [-0.15, -0.1) is 0 Å². The Labute approximate surface area is 211 Å². The highest BCUT2D eigenvalue weighted by molar-refractivity contribution is 9.10. The van der Waals surface area contributed by atoms with Crippen LogP contribution in [0.1, 0.15) is 15.9 Å². The van der Waals surface area contributed by atoms with Crippen molar-refractivity contribution in [2.75, 3.05) is 6.61 Å². The Kier molecular flexibility index (Phi) is 8.04. The van der Waals surface area contributed by atoms with E-state index < -0.39 is 5.97 Å². The number of nitrogens with zero attached hydrogens (tertiary/aromatic N) is 1. The molecule has 0 atom stereocenters. The summed E-state index contributed by atoms with van der Waals surface area (Å²) in [5.41, 5.74) is 5.78. The van der Waals surface area contributed by atoms with Crippen molar-refractivity contribution in [1.82, 2.24) is 5.43 Å². The van der Waals surface area contributed by atoms with Gasteiger partial charge in [-0.3, -0.25) is 4.79 Å². The number of carbonyl (C=O) groups is 2. The van der Waals surface area contributed by atoms with E-state index in [2.05, 4.69) is 26.5 Å². The minimum Gasteiger partial charge on any atom is -0.484 e. The normalized spacial score (nSPS) is 10.7. The van der Waals surface area contributed by atoms with Gasteiger partial charge in [-0.2, -0.15) is 5.10 Å². The Balaban J connectivity index is 1.23. The zero-order chi connectivity index (χ0) is 24.5. The molecule has 4 aromatic carbocycles. The van der Waals surface area contributed by atoms with E-state index in [1.807, 2.05) is 60.7 Å². The predicted octanol–water partition coefficient (Wildman–Crippen LogP) is 5.86. The number of hydrogen-bond acceptors (Lipinski definition) is 5. The second kappa shape index (κ2) is 11.8. The summed E-state index contributed by atoms with van der Waals surface area (Å²) >= 11 is 3.34. The number of rotatable bonds is 8. The molecular formula is C28H21BrN2O4.